The molecule has 0 radical (unpaired) electrons. The van der Waals surface area contributed by atoms with E-state index in [0.29, 0.717) is 0 Å². The Balaban J connectivity index is 2.60. The summed E-state index contributed by atoms with van der Waals surface area (Å²) in [5, 5.41) is 10.0. The van der Waals surface area contributed by atoms with Crippen molar-refractivity contribution in [1.29, 1.82) is 0 Å². The van der Waals surface area contributed by atoms with Gasteiger partial charge >= 0.3 is 6.04 Å². The second kappa shape index (κ2) is 2.54. The number of nitro groups is 1. The van der Waals surface area contributed by atoms with Crippen LogP contribution in [0.4, 0.5) is 4.39 Å². The maximum atomic E-state index is 12.1. The highest BCUT2D eigenvalue weighted by Gasteiger charge is 2.27. The Morgan fingerprint density at radius 3 is 3.00 bits per heavy atom. The van der Waals surface area contributed by atoms with Gasteiger partial charge in [-0.2, -0.15) is 0 Å². The Bertz CT molecular complexity index is 210. The molecule has 0 aliphatic heterocycles. The fraction of sp³-hybridized carbons (Fsp3) is 0.333. The predicted octanol–water partition coefficient (Wildman–Crippen LogP) is 1.25. The number of nitrogens with zero attached hydrogens (tertiary/aromatic N) is 1. The lowest BCUT2D eigenvalue weighted by atomic mass is 10.1. The zero-order valence-corrected chi connectivity index (χ0v) is 5.08. The Labute approximate surface area is 57.0 Å². The van der Waals surface area contributed by atoms with Gasteiger partial charge in [-0.1, -0.05) is 4.39 Å². The van der Waals surface area contributed by atoms with Gasteiger partial charge in [-0.15, -0.1) is 0 Å². The molecule has 0 N–H and O–H groups in total. The quantitative estimate of drug-likeness (QED) is 0.314. The molecule has 3 nitrogen and oxygen atoms in total. The van der Waals surface area contributed by atoms with Crippen LogP contribution >= 0.6 is 0 Å². The molecular weight excluding hydrogens is 137 g/mol. The summed E-state index contributed by atoms with van der Waals surface area (Å²) in [5.74, 6) is -0.446. The lowest BCUT2D eigenvalue weighted by Crippen LogP contribution is -2.17. The van der Waals surface area contributed by atoms with E-state index in [2.05, 4.69) is 6.08 Å². The van der Waals surface area contributed by atoms with Crippen molar-refractivity contribution in [2.45, 2.75) is 12.5 Å². The fourth-order valence-electron chi connectivity index (χ4n) is 0.674. The second-order valence-electron chi connectivity index (χ2n) is 1.94. The van der Waals surface area contributed by atoms with Gasteiger partial charge in [0.1, 0.15) is 0 Å². The monoisotopic (exact) mass is 142 g/mol. The van der Waals surface area contributed by atoms with Crippen molar-refractivity contribution in [2.75, 3.05) is 0 Å². The van der Waals surface area contributed by atoms with Crippen LogP contribution in [0.1, 0.15) is 6.42 Å². The molecule has 1 aliphatic carbocycles. The minimum Gasteiger partial charge on any atom is -0.261 e. The summed E-state index contributed by atoms with van der Waals surface area (Å²) in [4.78, 5) is 9.55. The Kier molecular flexibility index (Phi) is 1.73. The van der Waals surface area contributed by atoms with Gasteiger partial charge in [0.2, 0.25) is 0 Å². The molecule has 0 saturated heterocycles. The van der Waals surface area contributed by atoms with E-state index in [1.807, 2.05) is 0 Å². The predicted molar refractivity (Wildman–Crippen MR) is 32.4 cm³/mol. The van der Waals surface area contributed by atoms with Crippen molar-refractivity contribution in [3.05, 3.63) is 34.2 Å². The highest BCUT2D eigenvalue weighted by Crippen LogP contribution is 2.11. The van der Waals surface area contributed by atoms with Crippen molar-refractivity contribution in [2.24, 2.45) is 0 Å². The minimum atomic E-state index is -0.862. The van der Waals surface area contributed by atoms with Crippen LogP contribution in [0.25, 0.3) is 0 Å². The molecule has 0 heterocycles. The molecule has 0 aromatic carbocycles. The summed E-state index contributed by atoms with van der Waals surface area (Å²) in [6.45, 7) is 0. The van der Waals surface area contributed by atoms with Crippen molar-refractivity contribution < 1.29 is 9.31 Å². The van der Waals surface area contributed by atoms with Crippen LogP contribution in [0, 0.1) is 16.2 Å². The average molecular weight is 142 g/mol. The van der Waals surface area contributed by atoms with Crippen LogP contribution < -0.4 is 0 Å². The molecule has 1 unspecified atom stereocenters. The van der Waals surface area contributed by atoms with Gasteiger partial charge < -0.3 is 0 Å². The van der Waals surface area contributed by atoms with E-state index >= 15 is 0 Å². The number of rotatable bonds is 1. The third kappa shape index (κ3) is 1.36. The number of allylic oxidation sites excluding steroid dienone is 2. The lowest BCUT2D eigenvalue weighted by molar-refractivity contribution is -0.510. The topological polar surface area (TPSA) is 43.1 Å². The summed E-state index contributed by atoms with van der Waals surface area (Å²) in [6, 6.07) is -0.862. The largest absolute Gasteiger partial charge is 0.346 e. The Morgan fingerprint density at radius 1 is 1.90 bits per heavy atom. The second-order valence-corrected chi connectivity index (χ2v) is 1.94. The van der Waals surface area contributed by atoms with Crippen LogP contribution in [0.15, 0.2) is 18.0 Å². The number of halogens is 1. The van der Waals surface area contributed by atoms with E-state index in [-0.39, 0.29) is 6.42 Å². The normalized spacial score (nSPS) is 23.3. The Morgan fingerprint density at radius 2 is 2.60 bits per heavy atom. The van der Waals surface area contributed by atoms with Gasteiger partial charge in [-0.25, -0.2) is 0 Å². The van der Waals surface area contributed by atoms with Gasteiger partial charge in [0.25, 0.3) is 5.83 Å². The standard InChI is InChI=1S/C6H5FNO2/c7-5-1-3-6(4-2-5)8(9)10/h1-2,6H,3H2/q+1. The van der Waals surface area contributed by atoms with Gasteiger partial charge in [0, 0.05) is 6.08 Å². The number of hydrogen-bond donors (Lipinski definition) is 0. The molecule has 1 aliphatic rings. The van der Waals surface area contributed by atoms with Gasteiger partial charge in [0.05, 0.1) is 11.3 Å². The molecule has 52 valence electrons. The molecule has 0 aromatic rings. The first-order valence-electron chi connectivity index (χ1n) is 2.78. The van der Waals surface area contributed by atoms with E-state index in [1.165, 1.54) is 6.08 Å². The molecule has 0 bridgehead atoms. The van der Waals surface area contributed by atoms with Gasteiger partial charge in [-0.05, 0) is 0 Å². The molecule has 0 fully saturated rings. The first-order valence-corrected chi connectivity index (χ1v) is 2.78. The lowest BCUT2D eigenvalue weighted by Gasteiger charge is -1.94. The summed E-state index contributed by atoms with van der Waals surface area (Å²) in [7, 11) is 0. The van der Waals surface area contributed by atoms with E-state index in [1.54, 1.807) is 0 Å². The number of hydrogen-bond acceptors (Lipinski definition) is 2. The zero-order chi connectivity index (χ0) is 7.56. The SMILES string of the molecule is O=[N+]([O-])C1[C+]=CC(F)=CC1. The fourth-order valence-corrected chi connectivity index (χ4v) is 0.674. The zero-order valence-electron chi connectivity index (χ0n) is 5.08. The molecule has 0 saturated carbocycles. The third-order valence-corrected chi connectivity index (χ3v) is 1.20. The van der Waals surface area contributed by atoms with E-state index in [0.717, 1.165) is 6.08 Å². The van der Waals surface area contributed by atoms with E-state index in [9.17, 15) is 14.5 Å². The summed E-state index contributed by atoms with van der Waals surface area (Å²) in [5.41, 5.74) is 0. The van der Waals surface area contributed by atoms with Crippen LogP contribution in [0.5, 0.6) is 0 Å². The average Bonchev–Trinajstić information content (AvgIpc) is 1.88. The first-order chi connectivity index (χ1) is 4.70. The smallest absolute Gasteiger partial charge is 0.261 e. The van der Waals surface area contributed by atoms with Crippen molar-refractivity contribution >= 4 is 0 Å². The maximum absolute atomic E-state index is 12.1. The van der Waals surface area contributed by atoms with Crippen LogP contribution in [0.3, 0.4) is 0 Å². The molecule has 4 heteroatoms. The van der Waals surface area contributed by atoms with Gasteiger partial charge in [-0.3, -0.25) is 10.1 Å². The van der Waals surface area contributed by atoms with E-state index in [4.69, 9.17) is 0 Å². The molecular formula is C6H5FNO2+. The molecule has 0 spiro atoms. The highest BCUT2D eigenvalue weighted by molar-refractivity contribution is 5.14. The van der Waals surface area contributed by atoms with Crippen LogP contribution in [0.2, 0.25) is 0 Å². The Hall–Kier alpha value is -1.28. The maximum Gasteiger partial charge on any atom is 0.346 e. The molecule has 1 rings (SSSR count). The summed E-state index contributed by atoms with van der Waals surface area (Å²) >= 11 is 0. The van der Waals surface area contributed by atoms with Gasteiger partial charge in [0.15, 0.2) is 12.2 Å². The van der Waals surface area contributed by atoms with Crippen molar-refractivity contribution in [3.8, 4) is 0 Å². The van der Waals surface area contributed by atoms with Crippen molar-refractivity contribution in [1.82, 2.24) is 0 Å². The van der Waals surface area contributed by atoms with Crippen LogP contribution in [-0.4, -0.2) is 11.0 Å². The van der Waals surface area contributed by atoms with E-state index < -0.39 is 16.8 Å². The molecule has 1 atom stereocenters. The van der Waals surface area contributed by atoms with Crippen LogP contribution in [-0.2, 0) is 0 Å². The molecule has 0 amide bonds. The van der Waals surface area contributed by atoms with Crippen molar-refractivity contribution in [3.63, 3.8) is 0 Å². The summed E-state index contributed by atoms with van der Waals surface area (Å²) in [6.07, 6.45) is 4.59. The highest BCUT2D eigenvalue weighted by atomic mass is 19.1. The molecule has 0 aromatic heterocycles. The first kappa shape index (κ1) is 6.83. The third-order valence-electron chi connectivity index (χ3n) is 1.20. The molecule has 10 heavy (non-hydrogen) atoms. The summed E-state index contributed by atoms with van der Waals surface area (Å²) < 4.78 is 12.1. The minimum absolute atomic E-state index is 0.106.